The molecule has 0 spiro atoms. The maximum absolute atomic E-state index is 4.75. The predicted molar refractivity (Wildman–Crippen MR) is 87.6 cm³/mol. The molecule has 0 saturated carbocycles. The van der Waals surface area contributed by atoms with Crippen LogP contribution in [0.4, 0.5) is 0 Å². The van der Waals surface area contributed by atoms with E-state index >= 15 is 0 Å². The number of aryl methyl sites for hydroxylation is 1. The Hall–Kier alpha value is -1.72. The molecule has 21 heavy (non-hydrogen) atoms. The maximum Gasteiger partial charge on any atom is 0.0944 e. The van der Waals surface area contributed by atoms with E-state index in [4.69, 9.17) is 5.10 Å². The third-order valence-electron chi connectivity index (χ3n) is 3.62. The molecule has 1 aromatic carbocycles. The van der Waals surface area contributed by atoms with Crippen molar-refractivity contribution >= 4 is 22.2 Å². The molecule has 5 heteroatoms. The predicted octanol–water partition coefficient (Wildman–Crippen LogP) is 3.31. The number of rotatable bonds is 6. The summed E-state index contributed by atoms with van der Waals surface area (Å²) in [5.74, 6) is 0. The van der Waals surface area contributed by atoms with Gasteiger partial charge in [-0.1, -0.05) is 25.1 Å². The van der Waals surface area contributed by atoms with Crippen LogP contribution in [0.3, 0.4) is 0 Å². The molecule has 110 valence electrons. The molecule has 0 aliphatic carbocycles. The van der Waals surface area contributed by atoms with E-state index in [0.29, 0.717) is 0 Å². The van der Waals surface area contributed by atoms with Gasteiger partial charge in [-0.25, -0.2) is 4.98 Å². The number of para-hydroxylation sites is 1. The Bertz CT molecular complexity index is 702. The van der Waals surface area contributed by atoms with Crippen LogP contribution in [0.5, 0.6) is 0 Å². The van der Waals surface area contributed by atoms with Crippen molar-refractivity contribution in [1.29, 1.82) is 0 Å². The molecule has 0 saturated heterocycles. The Morgan fingerprint density at radius 3 is 2.95 bits per heavy atom. The quantitative estimate of drug-likeness (QED) is 0.759. The minimum Gasteiger partial charge on any atom is -0.308 e. The van der Waals surface area contributed by atoms with Crippen LogP contribution in [0.1, 0.15) is 30.1 Å². The fourth-order valence-electron chi connectivity index (χ4n) is 2.61. The smallest absolute Gasteiger partial charge is 0.0944 e. The van der Waals surface area contributed by atoms with E-state index in [-0.39, 0.29) is 6.04 Å². The van der Waals surface area contributed by atoms with Crippen LogP contribution < -0.4 is 5.32 Å². The van der Waals surface area contributed by atoms with Gasteiger partial charge in [0.2, 0.25) is 0 Å². The van der Waals surface area contributed by atoms with Crippen molar-refractivity contribution in [2.24, 2.45) is 7.05 Å². The van der Waals surface area contributed by atoms with Gasteiger partial charge in [-0.15, -0.1) is 11.3 Å². The van der Waals surface area contributed by atoms with E-state index in [1.165, 1.54) is 10.9 Å². The molecule has 0 amide bonds. The number of aromatic nitrogens is 3. The highest BCUT2D eigenvalue weighted by Crippen LogP contribution is 2.26. The lowest BCUT2D eigenvalue weighted by Gasteiger charge is -2.15. The Labute approximate surface area is 128 Å². The van der Waals surface area contributed by atoms with Crippen LogP contribution in [-0.4, -0.2) is 21.3 Å². The van der Waals surface area contributed by atoms with Crippen molar-refractivity contribution in [3.05, 3.63) is 46.5 Å². The van der Waals surface area contributed by atoms with Crippen LogP contribution in [0.25, 0.3) is 10.9 Å². The van der Waals surface area contributed by atoms with Crippen LogP contribution in [-0.2, 0) is 13.5 Å². The molecule has 1 atom stereocenters. The molecule has 1 N–H and O–H groups in total. The van der Waals surface area contributed by atoms with Crippen molar-refractivity contribution < 1.29 is 0 Å². The first kappa shape index (κ1) is 14.2. The van der Waals surface area contributed by atoms with Crippen LogP contribution in [0.2, 0.25) is 0 Å². The number of thiazole rings is 1. The van der Waals surface area contributed by atoms with Gasteiger partial charge < -0.3 is 5.32 Å². The molecule has 0 bridgehead atoms. The number of nitrogens with one attached hydrogen (secondary N) is 1. The van der Waals surface area contributed by atoms with Gasteiger partial charge in [0, 0.05) is 30.4 Å². The SMILES string of the molecule is CCCNC(Cc1nccs1)c1nn(C)c2ccccc12. The molecule has 2 heterocycles. The zero-order chi connectivity index (χ0) is 14.7. The summed E-state index contributed by atoms with van der Waals surface area (Å²) in [4.78, 5) is 4.42. The summed E-state index contributed by atoms with van der Waals surface area (Å²) in [5, 5.41) is 12.8. The molecule has 0 aliphatic rings. The van der Waals surface area contributed by atoms with Crippen molar-refractivity contribution in [2.45, 2.75) is 25.8 Å². The maximum atomic E-state index is 4.75. The molecule has 3 rings (SSSR count). The minimum atomic E-state index is 0.210. The highest BCUT2D eigenvalue weighted by atomic mass is 32.1. The normalized spacial score (nSPS) is 12.9. The van der Waals surface area contributed by atoms with E-state index in [0.717, 1.165) is 30.1 Å². The lowest BCUT2D eigenvalue weighted by atomic mass is 10.1. The van der Waals surface area contributed by atoms with Gasteiger partial charge in [0.05, 0.1) is 22.3 Å². The van der Waals surface area contributed by atoms with Crippen LogP contribution >= 0.6 is 11.3 Å². The van der Waals surface area contributed by atoms with E-state index in [9.17, 15) is 0 Å². The molecular weight excluding hydrogens is 280 g/mol. The summed E-state index contributed by atoms with van der Waals surface area (Å²) in [6, 6.07) is 8.62. The van der Waals surface area contributed by atoms with Gasteiger partial charge in [0.15, 0.2) is 0 Å². The summed E-state index contributed by atoms with van der Waals surface area (Å²) >= 11 is 1.71. The van der Waals surface area contributed by atoms with Gasteiger partial charge >= 0.3 is 0 Å². The Balaban J connectivity index is 1.97. The van der Waals surface area contributed by atoms with Gasteiger partial charge in [-0.2, -0.15) is 5.10 Å². The average molecular weight is 300 g/mol. The van der Waals surface area contributed by atoms with E-state index in [2.05, 4.69) is 41.5 Å². The fourth-order valence-corrected chi connectivity index (χ4v) is 3.28. The third-order valence-corrected chi connectivity index (χ3v) is 4.42. The molecule has 0 aliphatic heterocycles. The Morgan fingerprint density at radius 1 is 1.33 bits per heavy atom. The summed E-state index contributed by atoms with van der Waals surface area (Å²) in [7, 11) is 2.01. The molecular formula is C16H20N4S. The van der Waals surface area contributed by atoms with Crippen molar-refractivity contribution in [2.75, 3.05) is 6.54 Å². The van der Waals surface area contributed by atoms with E-state index in [1.807, 2.05) is 23.3 Å². The minimum absolute atomic E-state index is 0.210. The highest BCUT2D eigenvalue weighted by Gasteiger charge is 2.19. The van der Waals surface area contributed by atoms with Crippen molar-refractivity contribution in [1.82, 2.24) is 20.1 Å². The Morgan fingerprint density at radius 2 is 2.19 bits per heavy atom. The number of hydrogen-bond donors (Lipinski definition) is 1. The topological polar surface area (TPSA) is 42.7 Å². The fraction of sp³-hybridized carbons (Fsp3) is 0.375. The molecule has 0 fully saturated rings. The molecule has 3 aromatic rings. The largest absolute Gasteiger partial charge is 0.308 e. The molecule has 2 aromatic heterocycles. The number of benzene rings is 1. The van der Waals surface area contributed by atoms with Crippen molar-refractivity contribution in [3.63, 3.8) is 0 Å². The van der Waals surface area contributed by atoms with Gasteiger partial charge in [0.25, 0.3) is 0 Å². The number of fused-ring (bicyclic) bond motifs is 1. The Kier molecular flexibility index (Phi) is 4.31. The van der Waals surface area contributed by atoms with Crippen LogP contribution in [0.15, 0.2) is 35.8 Å². The van der Waals surface area contributed by atoms with Crippen molar-refractivity contribution in [3.8, 4) is 0 Å². The monoisotopic (exact) mass is 300 g/mol. The first-order chi connectivity index (χ1) is 10.3. The van der Waals surface area contributed by atoms with E-state index in [1.54, 1.807) is 11.3 Å². The second-order valence-electron chi connectivity index (χ2n) is 5.16. The zero-order valence-electron chi connectivity index (χ0n) is 12.4. The summed E-state index contributed by atoms with van der Waals surface area (Å²) in [6.45, 7) is 3.17. The molecule has 0 radical (unpaired) electrons. The lowest BCUT2D eigenvalue weighted by molar-refractivity contribution is 0.513. The molecule has 1 unspecified atom stereocenters. The van der Waals surface area contributed by atoms with E-state index < -0.39 is 0 Å². The summed E-state index contributed by atoms with van der Waals surface area (Å²) < 4.78 is 1.97. The van der Waals surface area contributed by atoms with Crippen LogP contribution in [0, 0.1) is 0 Å². The average Bonchev–Trinajstić information content (AvgIpc) is 3.12. The first-order valence-corrected chi connectivity index (χ1v) is 8.21. The van der Waals surface area contributed by atoms with Gasteiger partial charge in [-0.05, 0) is 19.0 Å². The summed E-state index contributed by atoms with van der Waals surface area (Å²) in [5.41, 5.74) is 2.30. The second kappa shape index (κ2) is 6.37. The number of hydrogen-bond acceptors (Lipinski definition) is 4. The number of nitrogens with zero attached hydrogens (tertiary/aromatic N) is 3. The summed E-state index contributed by atoms with van der Waals surface area (Å²) in [6.07, 6.45) is 3.87. The van der Waals surface area contributed by atoms with Gasteiger partial charge in [-0.3, -0.25) is 4.68 Å². The lowest BCUT2D eigenvalue weighted by Crippen LogP contribution is -2.24. The molecule has 4 nitrogen and oxygen atoms in total. The second-order valence-corrected chi connectivity index (χ2v) is 6.14. The first-order valence-electron chi connectivity index (χ1n) is 7.33. The van der Waals surface area contributed by atoms with Gasteiger partial charge in [0.1, 0.15) is 0 Å². The third kappa shape index (κ3) is 2.99. The standard InChI is InChI=1S/C16H20N4S/c1-3-8-17-13(11-15-18-9-10-21-15)16-12-6-4-5-7-14(12)20(2)19-16/h4-7,9-10,13,17H,3,8,11H2,1-2H3. The zero-order valence-corrected chi connectivity index (χ0v) is 13.2. The highest BCUT2D eigenvalue weighted by molar-refractivity contribution is 7.09.